The minimum absolute atomic E-state index is 0.0409. The third kappa shape index (κ3) is 4.06. The fourth-order valence-electron chi connectivity index (χ4n) is 3.13. The van der Waals surface area contributed by atoms with Gasteiger partial charge in [0.05, 0.1) is 11.8 Å². The second kappa shape index (κ2) is 7.82. The Labute approximate surface area is 159 Å². The van der Waals surface area contributed by atoms with E-state index in [-0.39, 0.29) is 11.3 Å². The topological polar surface area (TPSA) is 90.3 Å². The van der Waals surface area contributed by atoms with Crippen LogP contribution in [0.1, 0.15) is 30.9 Å². The molecular formula is C19H25N3O4S. The molecule has 8 heteroatoms. The number of imidazole rings is 1. The normalized spacial score (nSPS) is 18.4. The Balaban J connectivity index is 1.83. The van der Waals surface area contributed by atoms with Crippen LogP contribution in [0.5, 0.6) is 0 Å². The van der Waals surface area contributed by atoms with Gasteiger partial charge < -0.3 is 10.1 Å². The fourth-order valence-corrected chi connectivity index (χ4v) is 4.45. The van der Waals surface area contributed by atoms with E-state index in [2.05, 4.69) is 10.3 Å². The number of amides is 1. The summed E-state index contributed by atoms with van der Waals surface area (Å²) < 4.78 is 33.1. The molecule has 1 N–H and O–H groups in total. The van der Waals surface area contributed by atoms with E-state index in [0.29, 0.717) is 13.2 Å². The number of ether oxygens (including phenoxy) is 1. The third-order valence-electron chi connectivity index (χ3n) is 4.85. The molecule has 1 amide bonds. The van der Waals surface area contributed by atoms with Crippen molar-refractivity contribution in [2.75, 3.05) is 13.2 Å². The lowest BCUT2D eigenvalue weighted by atomic mass is 10.1. The summed E-state index contributed by atoms with van der Waals surface area (Å²) in [4.78, 5) is 16.5. The van der Waals surface area contributed by atoms with Gasteiger partial charge in [0.1, 0.15) is 5.25 Å². The van der Waals surface area contributed by atoms with Gasteiger partial charge in [-0.3, -0.25) is 9.36 Å². The van der Waals surface area contributed by atoms with Gasteiger partial charge in [-0.2, -0.15) is 0 Å². The summed E-state index contributed by atoms with van der Waals surface area (Å²) in [5.41, 5.74) is 2.67. The predicted octanol–water partition coefficient (Wildman–Crippen LogP) is 1.95. The van der Waals surface area contributed by atoms with Gasteiger partial charge in [0.2, 0.25) is 20.9 Å². The SMILES string of the molecule is Cc1ccc(C)c(-n2ccnc2S(=O)(=O)C(C)C(=O)NCC2CCCO2)c1. The first-order chi connectivity index (χ1) is 12.8. The lowest BCUT2D eigenvalue weighted by molar-refractivity contribution is -0.120. The Morgan fingerprint density at radius 3 is 2.89 bits per heavy atom. The van der Waals surface area contributed by atoms with Gasteiger partial charge >= 0.3 is 0 Å². The molecule has 0 saturated carbocycles. The number of carbonyl (C=O) groups excluding carboxylic acids is 1. The number of aryl methyl sites for hydroxylation is 2. The van der Waals surface area contributed by atoms with Crippen LogP contribution in [0.3, 0.4) is 0 Å². The zero-order valence-corrected chi connectivity index (χ0v) is 16.6. The number of rotatable bonds is 6. The molecule has 1 saturated heterocycles. The van der Waals surface area contributed by atoms with Crippen molar-refractivity contribution in [1.82, 2.24) is 14.9 Å². The van der Waals surface area contributed by atoms with Gasteiger partial charge in [-0.25, -0.2) is 13.4 Å². The Morgan fingerprint density at radius 2 is 2.19 bits per heavy atom. The Bertz CT molecular complexity index is 930. The van der Waals surface area contributed by atoms with Crippen molar-refractivity contribution in [3.8, 4) is 5.69 Å². The summed E-state index contributed by atoms with van der Waals surface area (Å²) in [7, 11) is -3.95. The summed E-state index contributed by atoms with van der Waals surface area (Å²) >= 11 is 0. The van der Waals surface area contributed by atoms with Crippen molar-refractivity contribution in [2.45, 2.75) is 50.1 Å². The third-order valence-corrected chi connectivity index (χ3v) is 6.80. The van der Waals surface area contributed by atoms with Gasteiger partial charge in [0.15, 0.2) is 0 Å². The molecule has 2 heterocycles. The predicted molar refractivity (Wildman–Crippen MR) is 102 cm³/mol. The number of hydrogen-bond donors (Lipinski definition) is 1. The average molecular weight is 391 g/mol. The highest BCUT2D eigenvalue weighted by molar-refractivity contribution is 7.92. The minimum atomic E-state index is -3.95. The van der Waals surface area contributed by atoms with Gasteiger partial charge in [-0.15, -0.1) is 0 Å². The lowest BCUT2D eigenvalue weighted by Crippen LogP contribution is -2.41. The van der Waals surface area contributed by atoms with Crippen LogP contribution < -0.4 is 5.32 Å². The molecule has 0 aliphatic carbocycles. The van der Waals surface area contributed by atoms with Crippen LogP contribution >= 0.6 is 0 Å². The standard InChI is InChI=1S/C19H25N3O4S/c1-13-6-7-14(2)17(11-13)22-9-8-20-19(22)27(24,25)15(3)18(23)21-12-16-5-4-10-26-16/h6-9,11,15-16H,4-5,10,12H2,1-3H3,(H,21,23). The van der Waals surface area contributed by atoms with E-state index in [9.17, 15) is 13.2 Å². The van der Waals surface area contributed by atoms with E-state index in [0.717, 1.165) is 29.7 Å². The maximum Gasteiger partial charge on any atom is 0.238 e. The van der Waals surface area contributed by atoms with Crippen molar-refractivity contribution in [3.63, 3.8) is 0 Å². The number of aromatic nitrogens is 2. The first kappa shape index (κ1) is 19.6. The van der Waals surface area contributed by atoms with Crippen molar-refractivity contribution < 1.29 is 17.9 Å². The first-order valence-corrected chi connectivity index (χ1v) is 10.6. The number of nitrogens with one attached hydrogen (secondary N) is 1. The highest BCUT2D eigenvalue weighted by Gasteiger charge is 2.34. The van der Waals surface area contributed by atoms with Crippen LogP contribution in [-0.2, 0) is 19.4 Å². The maximum absolute atomic E-state index is 13.0. The lowest BCUT2D eigenvalue weighted by Gasteiger charge is -2.17. The average Bonchev–Trinajstić information content (AvgIpc) is 3.32. The molecule has 0 spiro atoms. The molecule has 0 radical (unpaired) electrons. The second-order valence-electron chi connectivity index (χ2n) is 6.94. The van der Waals surface area contributed by atoms with E-state index in [4.69, 9.17) is 4.74 Å². The van der Waals surface area contributed by atoms with Gasteiger partial charge in [-0.05, 0) is 50.8 Å². The highest BCUT2D eigenvalue weighted by Crippen LogP contribution is 2.22. The van der Waals surface area contributed by atoms with E-state index in [1.807, 2.05) is 32.0 Å². The summed E-state index contributed by atoms with van der Waals surface area (Å²) in [6.07, 6.45) is 4.83. The Morgan fingerprint density at radius 1 is 1.41 bits per heavy atom. The second-order valence-corrected chi connectivity index (χ2v) is 9.10. The van der Waals surface area contributed by atoms with Gasteiger partial charge in [0, 0.05) is 25.5 Å². The molecule has 0 bridgehead atoms. The summed E-state index contributed by atoms with van der Waals surface area (Å²) in [6.45, 7) is 6.24. The van der Waals surface area contributed by atoms with Gasteiger partial charge in [-0.1, -0.05) is 12.1 Å². The molecule has 1 aliphatic heterocycles. The molecule has 1 aromatic heterocycles. The van der Waals surface area contributed by atoms with Crippen LogP contribution in [0.15, 0.2) is 35.7 Å². The number of carbonyl (C=O) groups is 1. The largest absolute Gasteiger partial charge is 0.376 e. The number of hydrogen-bond acceptors (Lipinski definition) is 5. The molecule has 2 unspecified atom stereocenters. The molecule has 146 valence electrons. The molecule has 1 fully saturated rings. The van der Waals surface area contributed by atoms with Crippen LogP contribution in [0.4, 0.5) is 0 Å². The monoisotopic (exact) mass is 391 g/mol. The van der Waals surface area contributed by atoms with Crippen LogP contribution in [0.2, 0.25) is 0 Å². The summed E-state index contributed by atoms with van der Waals surface area (Å²) in [5.74, 6) is -0.541. The smallest absolute Gasteiger partial charge is 0.238 e. The van der Waals surface area contributed by atoms with Gasteiger partial charge in [0.25, 0.3) is 0 Å². The maximum atomic E-state index is 13.0. The number of benzene rings is 1. The first-order valence-electron chi connectivity index (χ1n) is 9.05. The molecule has 7 nitrogen and oxygen atoms in total. The molecule has 2 aromatic rings. The molecule has 2 atom stereocenters. The van der Waals surface area contributed by atoms with E-state index in [1.54, 1.807) is 6.20 Å². The van der Waals surface area contributed by atoms with Crippen LogP contribution in [-0.4, -0.2) is 48.4 Å². The van der Waals surface area contributed by atoms with Crippen LogP contribution in [0.25, 0.3) is 5.69 Å². The summed E-state index contributed by atoms with van der Waals surface area (Å²) in [5, 5.41) is 1.32. The van der Waals surface area contributed by atoms with Crippen molar-refractivity contribution >= 4 is 15.7 Å². The number of sulfone groups is 1. The molecule has 1 aliphatic rings. The van der Waals surface area contributed by atoms with E-state index >= 15 is 0 Å². The quantitative estimate of drug-likeness (QED) is 0.813. The molecule has 27 heavy (non-hydrogen) atoms. The zero-order chi connectivity index (χ0) is 19.6. The zero-order valence-electron chi connectivity index (χ0n) is 15.8. The summed E-state index contributed by atoms with van der Waals surface area (Å²) in [6, 6.07) is 5.79. The Hall–Kier alpha value is -2.19. The highest BCUT2D eigenvalue weighted by atomic mass is 32.2. The van der Waals surface area contributed by atoms with Crippen molar-refractivity contribution in [3.05, 3.63) is 41.7 Å². The minimum Gasteiger partial charge on any atom is -0.376 e. The van der Waals surface area contributed by atoms with E-state index in [1.165, 1.54) is 17.7 Å². The molecule has 3 rings (SSSR count). The van der Waals surface area contributed by atoms with Crippen LogP contribution in [0, 0.1) is 13.8 Å². The number of nitrogens with zero attached hydrogens (tertiary/aromatic N) is 2. The fraction of sp³-hybridized carbons (Fsp3) is 0.474. The van der Waals surface area contributed by atoms with E-state index < -0.39 is 21.0 Å². The molecular weight excluding hydrogens is 366 g/mol. The van der Waals surface area contributed by atoms with Crippen molar-refractivity contribution in [2.24, 2.45) is 0 Å². The van der Waals surface area contributed by atoms with Crippen molar-refractivity contribution in [1.29, 1.82) is 0 Å². The Kier molecular flexibility index (Phi) is 5.67. The molecule has 1 aromatic carbocycles.